The molecule has 1 aromatic carbocycles. The van der Waals surface area contributed by atoms with E-state index in [0.29, 0.717) is 12.8 Å². The first kappa shape index (κ1) is 16.9. The molecular formula is C17H23NO3S. The third-order valence-corrected chi connectivity index (χ3v) is 6.37. The van der Waals surface area contributed by atoms with E-state index in [1.165, 1.54) is 4.31 Å². The van der Waals surface area contributed by atoms with Crippen molar-refractivity contribution in [2.75, 3.05) is 0 Å². The lowest BCUT2D eigenvalue weighted by Crippen LogP contribution is -2.55. The van der Waals surface area contributed by atoms with Gasteiger partial charge in [-0.1, -0.05) is 30.7 Å². The van der Waals surface area contributed by atoms with Gasteiger partial charge in [0.15, 0.2) is 5.78 Å². The maximum atomic E-state index is 13.0. The summed E-state index contributed by atoms with van der Waals surface area (Å²) in [5.74, 6) is -0.0366. The van der Waals surface area contributed by atoms with Crippen molar-refractivity contribution in [1.82, 2.24) is 4.31 Å². The number of hydrogen-bond acceptors (Lipinski definition) is 3. The normalized spacial score (nSPS) is 26.9. The van der Waals surface area contributed by atoms with Crippen LogP contribution in [0.15, 0.2) is 41.8 Å². The molecule has 0 aromatic heterocycles. The van der Waals surface area contributed by atoms with E-state index in [-0.39, 0.29) is 22.6 Å². The van der Waals surface area contributed by atoms with Crippen LogP contribution in [0.2, 0.25) is 0 Å². The molecule has 0 amide bonds. The molecule has 1 aromatic rings. The van der Waals surface area contributed by atoms with Crippen LogP contribution in [0, 0.1) is 12.8 Å². The molecule has 0 radical (unpaired) electrons. The van der Waals surface area contributed by atoms with Crippen molar-refractivity contribution in [3.8, 4) is 0 Å². The van der Waals surface area contributed by atoms with Crippen LogP contribution in [-0.2, 0) is 14.8 Å². The number of sulfonamides is 1. The highest BCUT2D eigenvalue weighted by atomic mass is 32.2. The van der Waals surface area contributed by atoms with Gasteiger partial charge in [-0.2, -0.15) is 4.31 Å². The highest BCUT2D eigenvalue weighted by Crippen LogP contribution is 2.33. The van der Waals surface area contributed by atoms with Crippen molar-refractivity contribution >= 4 is 15.8 Å². The molecule has 0 saturated carbocycles. The highest BCUT2D eigenvalue weighted by Gasteiger charge is 2.44. The number of ketones is 1. The number of carbonyl (C=O) groups excluding carboxylic acids is 1. The number of Topliss-reactive ketones (excluding diaryl/α,β-unsaturated/α-hetero) is 1. The van der Waals surface area contributed by atoms with Crippen molar-refractivity contribution in [2.24, 2.45) is 5.92 Å². The van der Waals surface area contributed by atoms with Gasteiger partial charge in [0.25, 0.3) is 0 Å². The van der Waals surface area contributed by atoms with Crippen LogP contribution in [0.5, 0.6) is 0 Å². The van der Waals surface area contributed by atoms with Crippen molar-refractivity contribution in [2.45, 2.75) is 50.6 Å². The van der Waals surface area contributed by atoms with Crippen LogP contribution in [0.3, 0.4) is 0 Å². The lowest BCUT2D eigenvalue weighted by atomic mass is 9.87. The molecule has 5 heteroatoms. The third kappa shape index (κ3) is 3.01. The quantitative estimate of drug-likeness (QED) is 0.801. The second-order valence-electron chi connectivity index (χ2n) is 6.06. The van der Waals surface area contributed by atoms with Crippen molar-refractivity contribution < 1.29 is 13.2 Å². The summed E-state index contributed by atoms with van der Waals surface area (Å²) >= 11 is 0. The number of piperidine rings is 1. The Bertz CT molecular complexity index is 664. The molecule has 0 aliphatic carbocycles. The molecule has 1 saturated heterocycles. The lowest BCUT2D eigenvalue weighted by Gasteiger charge is -2.41. The summed E-state index contributed by atoms with van der Waals surface area (Å²) < 4.78 is 27.4. The Morgan fingerprint density at radius 1 is 1.27 bits per heavy atom. The lowest BCUT2D eigenvalue weighted by molar-refractivity contribution is -0.127. The van der Waals surface area contributed by atoms with Crippen molar-refractivity contribution in [1.29, 1.82) is 0 Å². The molecular weight excluding hydrogens is 298 g/mol. The zero-order valence-corrected chi connectivity index (χ0v) is 14.1. The summed E-state index contributed by atoms with van der Waals surface area (Å²) in [6.07, 6.45) is 2.69. The minimum absolute atomic E-state index is 0.0121. The van der Waals surface area contributed by atoms with Crippen LogP contribution in [0.4, 0.5) is 0 Å². The average Bonchev–Trinajstić information content (AvgIpc) is 2.45. The topological polar surface area (TPSA) is 54.5 Å². The van der Waals surface area contributed by atoms with Crippen LogP contribution < -0.4 is 0 Å². The van der Waals surface area contributed by atoms with Crippen LogP contribution in [0.1, 0.15) is 32.3 Å². The predicted molar refractivity (Wildman–Crippen MR) is 87.1 cm³/mol. The van der Waals surface area contributed by atoms with E-state index < -0.39 is 16.1 Å². The molecule has 0 spiro atoms. The van der Waals surface area contributed by atoms with Gasteiger partial charge < -0.3 is 0 Å². The highest BCUT2D eigenvalue weighted by molar-refractivity contribution is 7.89. The number of hydrogen-bond donors (Lipinski definition) is 0. The number of nitrogens with zero attached hydrogens (tertiary/aromatic N) is 1. The van der Waals surface area contributed by atoms with E-state index in [1.54, 1.807) is 37.3 Å². The zero-order valence-electron chi connectivity index (χ0n) is 13.3. The SMILES string of the molecule is C=CC[C@@H]1[C@@H](C)CC(=O)[C@H](C)N1S(=O)(=O)c1ccc(C)cc1. The average molecular weight is 321 g/mol. The van der Waals surface area contributed by atoms with Gasteiger partial charge in [0.05, 0.1) is 10.9 Å². The van der Waals surface area contributed by atoms with Crippen molar-refractivity contribution in [3.63, 3.8) is 0 Å². The van der Waals surface area contributed by atoms with Gasteiger partial charge in [-0.15, -0.1) is 6.58 Å². The first-order valence-corrected chi connectivity index (χ1v) is 8.97. The monoisotopic (exact) mass is 321 g/mol. The summed E-state index contributed by atoms with van der Waals surface area (Å²) in [6.45, 7) is 9.24. The molecule has 4 nitrogen and oxygen atoms in total. The molecule has 0 bridgehead atoms. The van der Waals surface area contributed by atoms with Gasteiger partial charge in [0.1, 0.15) is 0 Å². The first-order chi connectivity index (χ1) is 10.3. The van der Waals surface area contributed by atoms with Gasteiger partial charge in [-0.3, -0.25) is 4.79 Å². The smallest absolute Gasteiger partial charge is 0.243 e. The Hall–Kier alpha value is -1.46. The molecule has 22 heavy (non-hydrogen) atoms. The molecule has 1 aliphatic heterocycles. The Morgan fingerprint density at radius 2 is 1.86 bits per heavy atom. The fourth-order valence-corrected chi connectivity index (χ4v) is 4.94. The fraction of sp³-hybridized carbons (Fsp3) is 0.471. The molecule has 2 rings (SSSR count). The predicted octanol–water partition coefficient (Wildman–Crippen LogP) is 2.93. The van der Waals surface area contributed by atoms with E-state index in [1.807, 2.05) is 13.8 Å². The van der Waals surface area contributed by atoms with Crippen LogP contribution >= 0.6 is 0 Å². The van der Waals surface area contributed by atoms with Gasteiger partial charge in [-0.25, -0.2) is 8.42 Å². The number of aryl methyl sites for hydroxylation is 1. The summed E-state index contributed by atoms with van der Waals surface area (Å²) in [5, 5.41) is 0. The van der Waals surface area contributed by atoms with E-state index >= 15 is 0 Å². The standard InChI is InChI=1S/C17H23NO3S/c1-5-6-16-13(3)11-17(19)14(4)18(16)22(20,21)15-9-7-12(2)8-10-15/h5,7-10,13-14,16H,1,6,11H2,2-4H3/t13-,14-,16+/m0/s1. The summed E-state index contributed by atoms with van der Waals surface area (Å²) in [5.41, 5.74) is 0.998. The fourth-order valence-electron chi connectivity index (χ4n) is 3.03. The molecule has 0 N–H and O–H groups in total. The largest absolute Gasteiger partial charge is 0.298 e. The zero-order chi connectivity index (χ0) is 16.5. The number of carbonyl (C=O) groups is 1. The molecule has 3 atom stereocenters. The summed E-state index contributed by atoms with van der Waals surface area (Å²) in [6, 6.07) is 5.90. The Balaban J connectivity index is 2.49. The van der Waals surface area contributed by atoms with E-state index in [0.717, 1.165) is 5.56 Å². The molecule has 0 unspecified atom stereocenters. The van der Waals surface area contributed by atoms with Gasteiger partial charge >= 0.3 is 0 Å². The maximum absolute atomic E-state index is 13.0. The summed E-state index contributed by atoms with van der Waals surface area (Å²) in [7, 11) is -3.70. The van der Waals surface area contributed by atoms with E-state index in [2.05, 4.69) is 6.58 Å². The minimum Gasteiger partial charge on any atom is -0.298 e. The molecule has 1 heterocycles. The van der Waals surface area contributed by atoms with Gasteiger partial charge in [-0.05, 0) is 38.3 Å². The number of rotatable bonds is 4. The Morgan fingerprint density at radius 3 is 2.41 bits per heavy atom. The van der Waals surface area contributed by atoms with Crippen molar-refractivity contribution in [3.05, 3.63) is 42.5 Å². The van der Waals surface area contributed by atoms with E-state index in [9.17, 15) is 13.2 Å². The third-order valence-electron chi connectivity index (χ3n) is 4.36. The van der Waals surface area contributed by atoms with E-state index in [4.69, 9.17) is 0 Å². The van der Waals surface area contributed by atoms with Crippen LogP contribution in [-0.4, -0.2) is 30.6 Å². The Kier molecular flexibility index (Phi) is 4.87. The molecule has 1 fully saturated rings. The second-order valence-corrected chi connectivity index (χ2v) is 7.91. The number of benzene rings is 1. The van der Waals surface area contributed by atoms with Gasteiger partial charge in [0, 0.05) is 12.5 Å². The maximum Gasteiger partial charge on any atom is 0.243 e. The second kappa shape index (κ2) is 6.34. The minimum atomic E-state index is -3.70. The first-order valence-electron chi connectivity index (χ1n) is 7.53. The molecule has 1 aliphatic rings. The van der Waals surface area contributed by atoms with Gasteiger partial charge in [0.2, 0.25) is 10.0 Å². The van der Waals surface area contributed by atoms with Crippen LogP contribution in [0.25, 0.3) is 0 Å². The Labute approximate surface area is 132 Å². The molecule has 120 valence electrons. The summed E-state index contributed by atoms with van der Waals surface area (Å²) in [4.78, 5) is 12.4.